The number of rotatable bonds is 4. The number of aromatic hydroxyl groups is 2. The predicted octanol–water partition coefficient (Wildman–Crippen LogP) is 7.93. The van der Waals surface area contributed by atoms with Gasteiger partial charge < -0.3 is 10.2 Å². The molecule has 0 fully saturated rings. The zero-order valence-corrected chi connectivity index (χ0v) is 21.2. The smallest absolute Gasteiger partial charge is 0.122 e. The Balaban J connectivity index is 2.37. The first-order chi connectivity index (χ1) is 13.0. The van der Waals surface area contributed by atoms with Crippen LogP contribution in [0.2, 0.25) is 0 Å². The zero-order chi connectivity index (χ0) is 22.4. The maximum Gasteiger partial charge on any atom is 0.122 e. The van der Waals surface area contributed by atoms with Crippen molar-refractivity contribution < 1.29 is 10.2 Å². The van der Waals surface area contributed by atoms with E-state index in [2.05, 4.69) is 79.7 Å². The molecule has 0 unspecified atom stereocenters. The topological polar surface area (TPSA) is 40.5 Å². The lowest BCUT2D eigenvalue weighted by molar-refractivity contribution is 0.441. The molecule has 0 spiro atoms. The van der Waals surface area contributed by atoms with Crippen molar-refractivity contribution in [3.63, 3.8) is 0 Å². The molecule has 0 aliphatic rings. The number of benzene rings is 2. The molecule has 0 atom stereocenters. The first-order valence-electron chi connectivity index (χ1n) is 10.1. The van der Waals surface area contributed by atoms with E-state index in [9.17, 15) is 10.2 Å². The van der Waals surface area contributed by atoms with E-state index in [4.69, 9.17) is 0 Å². The molecule has 160 valence electrons. The van der Waals surface area contributed by atoms with E-state index in [0.717, 1.165) is 32.0 Å². The number of aryl methyl sites for hydroxylation is 2. The summed E-state index contributed by atoms with van der Waals surface area (Å²) in [5.41, 5.74) is 3.57. The number of phenolic OH excluding ortho intramolecular Hbond substituents is 2. The van der Waals surface area contributed by atoms with Crippen molar-refractivity contribution in [2.75, 3.05) is 0 Å². The van der Waals surface area contributed by atoms with Gasteiger partial charge in [0.25, 0.3) is 0 Å². The Bertz CT molecular complexity index is 827. The summed E-state index contributed by atoms with van der Waals surface area (Å²) in [6.07, 6.45) is 0. The molecular weight excluding hydrogens is 396 g/mol. The Hall–Kier alpha value is -1.26. The monoisotopic (exact) mass is 432 g/mol. The molecule has 2 aromatic rings. The van der Waals surface area contributed by atoms with Crippen LogP contribution < -0.4 is 0 Å². The molecule has 0 heterocycles. The largest absolute Gasteiger partial charge is 0.507 e. The molecule has 2 rings (SSSR count). The second kappa shape index (κ2) is 8.11. The van der Waals surface area contributed by atoms with Gasteiger partial charge in [0.05, 0.1) is 4.08 Å². The summed E-state index contributed by atoms with van der Waals surface area (Å²) in [6, 6.07) is 8.39. The first-order valence-corrected chi connectivity index (χ1v) is 11.7. The van der Waals surface area contributed by atoms with Crippen LogP contribution in [0.15, 0.2) is 34.1 Å². The van der Waals surface area contributed by atoms with Gasteiger partial charge in [-0.15, -0.1) is 23.5 Å². The van der Waals surface area contributed by atoms with Crippen molar-refractivity contribution in [3.05, 3.63) is 46.5 Å². The summed E-state index contributed by atoms with van der Waals surface area (Å²) in [6.45, 7) is 21.1. The molecule has 0 saturated heterocycles. The second-order valence-electron chi connectivity index (χ2n) is 10.4. The normalized spacial score (nSPS) is 13.0. The third-order valence-electron chi connectivity index (χ3n) is 4.89. The molecule has 0 aliphatic carbocycles. The highest BCUT2D eigenvalue weighted by Crippen LogP contribution is 2.48. The standard InChI is InChI=1S/C25H36O2S2/c1-15-11-17(13-19(21(15)26)23(3,4)5)28-25(9,10)29-18-12-16(2)22(27)20(14-18)24(6,7)8/h11-14,26-27H,1-10H3. The maximum atomic E-state index is 10.5. The van der Waals surface area contributed by atoms with Crippen LogP contribution in [-0.2, 0) is 10.8 Å². The molecule has 2 N–H and O–H groups in total. The number of thioether (sulfide) groups is 2. The van der Waals surface area contributed by atoms with Gasteiger partial charge in [-0.3, -0.25) is 0 Å². The quantitative estimate of drug-likeness (QED) is 0.380. The molecule has 0 aliphatic heterocycles. The summed E-state index contributed by atoms with van der Waals surface area (Å²) >= 11 is 3.61. The molecule has 0 amide bonds. The Labute approximate surface area is 185 Å². The van der Waals surface area contributed by atoms with Crippen molar-refractivity contribution in [2.24, 2.45) is 0 Å². The highest BCUT2D eigenvalue weighted by Gasteiger charge is 2.27. The molecule has 0 bridgehead atoms. The molecule has 0 radical (unpaired) electrons. The maximum absolute atomic E-state index is 10.5. The lowest BCUT2D eigenvalue weighted by Gasteiger charge is -2.28. The Kier molecular flexibility index (Phi) is 6.72. The third-order valence-corrected chi connectivity index (χ3v) is 7.32. The molecule has 2 aromatic carbocycles. The van der Waals surface area contributed by atoms with Crippen LogP contribution >= 0.6 is 23.5 Å². The zero-order valence-electron chi connectivity index (χ0n) is 19.5. The minimum absolute atomic E-state index is 0.113. The van der Waals surface area contributed by atoms with Crippen LogP contribution in [0.4, 0.5) is 0 Å². The molecule has 29 heavy (non-hydrogen) atoms. The van der Waals surface area contributed by atoms with E-state index in [-0.39, 0.29) is 14.9 Å². The van der Waals surface area contributed by atoms with E-state index in [0.29, 0.717) is 11.5 Å². The first kappa shape index (κ1) is 24.0. The fourth-order valence-corrected chi connectivity index (χ4v) is 6.05. The predicted molar refractivity (Wildman–Crippen MR) is 129 cm³/mol. The number of hydrogen-bond acceptors (Lipinski definition) is 4. The van der Waals surface area contributed by atoms with Crippen LogP contribution in [0, 0.1) is 13.8 Å². The Morgan fingerprint density at radius 3 is 1.17 bits per heavy atom. The highest BCUT2D eigenvalue weighted by molar-refractivity contribution is 8.18. The Morgan fingerprint density at radius 2 is 0.897 bits per heavy atom. The number of phenols is 2. The SMILES string of the molecule is Cc1cc(SC(C)(C)Sc2cc(C)c(O)c(C(C)(C)C)c2)cc(C(C)(C)C)c1O. The van der Waals surface area contributed by atoms with Crippen molar-refractivity contribution in [2.45, 2.75) is 93.9 Å². The average Bonchev–Trinajstić information content (AvgIpc) is 2.51. The van der Waals surface area contributed by atoms with Crippen LogP contribution in [0.3, 0.4) is 0 Å². The minimum Gasteiger partial charge on any atom is -0.507 e. The van der Waals surface area contributed by atoms with Gasteiger partial charge in [0.2, 0.25) is 0 Å². The van der Waals surface area contributed by atoms with E-state index >= 15 is 0 Å². The molecular formula is C25H36O2S2. The minimum atomic E-state index is -0.114. The fraction of sp³-hybridized carbons (Fsp3) is 0.520. The number of hydrogen-bond donors (Lipinski definition) is 2. The van der Waals surface area contributed by atoms with Gasteiger partial charge in [0, 0.05) is 20.9 Å². The van der Waals surface area contributed by atoms with Gasteiger partial charge in [-0.1, -0.05) is 41.5 Å². The van der Waals surface area contributed by atoms with Gasteiger partial charge in [-0.25, -0.2) is 0 Å². The molecule has 0 aromatic heterocycles. The van der Waals surface area contributed by atoms with Crippen molar-refractivity contribution in [3.8, 4) is 11.5 Å². The summed E-state index contributed by atoms with van der Waals surface area (Å²) in [7, 11) is 0. The lowest BCUT2D eigenvalue weighted by Crippen LogP contribution is -2.14. The fourth-order valence-electron chi connectivity index (χ4n) is 3.34. The second-order valence-corrected chi connectivity index (χ2v) is 14.0. The van der Waals surface area contributed by atoms with E-state index < -0.39 is 0 Å². The van der Waals surface area contributed by atoms with Crippen molar-refractivity contribution in [1.82, 2.24) is 0 Å². The van der Waals surface area contributed by atoms with Crippen molar-refractivity contribution >= 4 is 23.5 Å². The van der Waals surface area contributed by atoms with E-state index in [1.807, 2.05) is 13.8 Å². The summed E-state index contributed by atoms with van der Waals surface area (Å²) in [5, 5.41) is 21.0. The van der Waals surface area contributed by atoms with E-state index in [1.165, 1.54) is 0 Å². The van der Waals surface area contributed by atoms with Gasteiger partial charge in [-0.2, -0.15) is 0 Å². The van der Waals surface area contributed by atoms with Gasteiger partial charge >= 0.3 is 0 Å². The van der Waals surface area contributed by atoms with Crippen LogP contribution in [0.25, 0.3) is 0 Å². The van der Waals surface area contributed by atoms with Crippen LogP contribution in [0.1, 0.15) is 77.6 Å². The third kappa shape index (κ3) is 5.88. The van der Waals surface area contributed by atoms with Crippen LogP contribution in [-0.4, -0.2) is 14.3 Å². The van der Waals surface area contributed by atoms with Gasteiger partial charge in [0.15, 0.2) is 0 Å². The highest BCUT2D eigenvalue weighted by atomic mass is 32.2. The van der Waals surface area contributed by atoms with Crippen molar-refractivity contribution in [1.29, 1.82) is 0 Å². The van der Waals surface area contributed by atoms with Crippen LogP contribution in [0.5, 0.6) is 11.5 Å². The Morgan fingerprint density at radius 1 is 0.586 bits per heavy atom. The summed E-state index contributed by atoms with van der Waals surface area (Å²) in [5.74, 6) is 0.799. The van der Waals surface area contributed by atoms with E-state index in [1.54, 1.807) is 23.5 Å². The van der Waals surface area contributed by atoms with Gasteiger partial charge in [0.1, 0.15) is 11.5 Å². The lowest BCUT2D eigenvalue weighted by atomic mass is 9.85. The summed E-state index contributed by atoms with van der Waals surface area (Å²) < 4.78 is -0.114. The molecule has 2 nitrogen and oxygen atoms in total. The average molecular weight is 433 g/mol. The summed E-state index contributed by atoms with van der Waals surface area (Å²) in [4.78, 5) is 2.32. The molecule has 4 heteroatoms. The van der Waals surface area contributed by atoms with Gasteiger partial charge in [-0.05, 0) is 73.9 Å². The molecule has 0 saturated carbocycles.